The Morgan fingerprint density at radius 3 is 2.46 bits per heavy atom. The van der Waals surface area contributed by atoms with Crippen molar-refractivity contribution in [1.82, 2.24) is 20.4 Å². The Balaban J connectivity index is 1.48. The molecular formula is C28H28N4O3. The highest BCUT2D eigenvalue weighted by Gasteiger charge is 2.19. The quantitative estimate of drug-likeness (QED) is 0.390. The van der Waals surface area contributed by atoms with E-state index in [0.29, 0.717) is 23.6 Å². The van der Waals surface area contributed by atoms with E-state index in [2.05, 4.69) is 15.7 Å². The number of amides is 2. The third-order valence-corrected chi connectivity index (χ3v) is 5.59. The van der Waals surface area contributed by atoms with Crippen LogP contribution < -0.4 is 15.4 Å². The van der Waals surface area contributed by atoms with Gasteiger partial charge in [-0.1, -0.05) is 60.2 Å². The Bertz CT molecular complexity index is 1300. The average Bonchev–Trinajstić information content (AvgIpc) is 3.34. The number of rotatable bonds is 9. The topological polar surface area (TPSA) is 85.2 Å². The van der Waals surface area contributed by atoms with Crippen LogP contribution in [0.1, 0.15) is 21.5 Å². The van der Waals surface area contributed by atoms with Gasteiger partial charge in [-0.05, 0) is 43.2 Å². The molecule has 4 aromatic rings. The first-order valence-corrected chi connectivity index (χ1v) is 11.4. The summed E-state index contributed by atoms with van der Waals surface area (Å²) in [6, 6.07) is 25.2. The second kappa shape index (κ2) is 11.2. The second-order valence-electron chi connectivity index (χ2n) is 8.17. The largest absolute Gasteiger partial charge is 0.497 e. The molecule has 1 aromatic heterocycles. The predicted molar refractivity (Wildman–Crippen MR) is 136 cm³/mol. The molecule has 0 saturated carbocycles. The van der Waals surface area contributed by atoms with Gasteiger partial charge in [0.2, 0.25) is 5.91 Å². The molecule has 0 atom stereocenters. The number of nitrogens with zero attached hydrogens (tertiary/aromatic N) is 2. The number of carbonyl (C=O) groups is 2. The van der Waals surface area contributed by atoms with Crippen molar-refractivity contribution in [2.75, 3.05) is 20.2 Å². The van der Waals surface area contributed by atoms with Crippen molar-refractivity contribution in [3.63, 3.8) is 0 Å². The highest BCUT2D eigenvalue weighted by Crippen LogP contribution is 2.27. The zero-order valence-electron chi connectivity index (χ0n) is 19.8. The minimum atomic E-state index is -0.376. The maximum atomic E-state index is 13.1. The lowest BCUT2D eigenvalue weighted by Crippen LogP contribution is -2.37. The molecule has 0 aliphatic carbocycles. The van der Waals surface area contributed by atoms with E-state index in [4.69, 9.17) is 4.74 Å². The lowest BCUT2D eigenvalue weighted by atomic mass is 10.1. The highest BCUT2D eigenvalue weighted by atomic mass is 16.5. The number of hydrogen-bond acceptors (Lipinski definition) is 4. The third kappa shape index (κ3) is 6.14. The highest BCUT2D eigenvalue weighted by molar-refractivity contribution is 6.01. The molecule has 0 unspecified atom stereocenters. The van der Waals surface area contributed by atoms with Crippen molar-refractivity contribution in [3.8, 4) is 22.7 Å². The first-order chi connectivity index (χ1) is 17.0. The summed E-state index contributed by atoms with van der Waals surface area (Å²) >= 11 is 0. The van der Waals surface area contributed by atoms with Crippen molar-refractivity contribution < 1.29 is 14.3 Å². The molecule has 178 valence electrons. The molecule has 2 amide bonds. The van der Waals surface area contributed by atoms with Crippen LogP contribution in [0.25, 0.3) is 16.9 Å². The molecule has 0 saturated heterocycles. The summed E-state index contributed by atoms with van der Waals surface area (Å²) in [6.45, 7) is 2.39. The van der Waals surface area contributed by atoms with Gasteiger partial charge in [0.1, 0.15) is 11.4 Å². The van der Waals surface area contributed by atoms with E-state index >= 15 is 0 Å². The number of aromatic nitrogens is 2. The molecule has 0 spiro atoms. The molecule has 35 heavy (non-hydrogen) atoms. The zero-order valence-corrected chi connectivity index (χ0v) is 19.8. The number of ether oxygens (including phenoxy) is 1. The first-order valence-electron chi connectivity index (χ1n) is 11.4. The number of methoxy groups -OCH3 is 1. The molecule has 1 heterocycles. The van der Waals surface area contributed by atoms with Crippen molar-refractivity contribution in [1.29, 1.82) is 0 Å². The average molecular weight is 469 g/mol. The molecule has 0 aliphatic rings. The van der Waals surface area contributed by atoms with Crippen LogP contribution in [0.2, 0.25) is 0 Å². The van der Waals surface area contributed by atoms with E-state index in [1.807, 2.05) is 85.8 Å². The summed E-state index contributed by atoms with van der Waals surface area (Å²) in [7, 11) is 1.59. The van der Waals surface area contributed by atoms with E-state index in [1.165, 1.54) is 0 Å². The normalized spacial score (nSPS) is 10.6. The van der Waals surface area contributed by atoms with Gasteiger partial charge in [0.15, 0.2) is 0 Å². The second-order valence-corrected chi connectivity index (χ2v) is 8.17. The number of nitrogens with one attached hydrogen (secondary N) is 2. The summed E-state index contributed by atoms with van der Waals surface area (Å²) in [5.74, 6) is 0.0408. The van der Waals surface area contributed by atoms with Crippen molar-refractivity contribution in [2.45, 2.75) is 13.3 Å². The van der Waals surface area contributed by atoms with Gasteiger partial charge in [0, 0.05) is 18.3 Å². The Morgan fingerprint density at radius 2 is 1.71 bits per heavy atom. The zero-order chi connectivity index (χ0) is 24.6. The van der Waals surface area contributed by atoms with Gasteiger partial charge in [-0.25, -0.2) is 4.68 Å². The van der Waals surface area contributed by atoms with Crippen LogP contribution >= 0.6 is 0 Å². The fourth-order valence-electron chi connectivity index (χ4n) is 3.66. The van der Waals surface area contributed by atoms with E-state index < -0.39 is 0 Å². The minimum Gasteiger partial charge on any atom is -0.497 e. The first kappa shape index (κ1) is 23.8. The van der Waals surface area contributed by atoms with Crippen LogP contribution in [0.15, 0.2) is 85.1 Å². The lowest BCUT2D eigenvalue weighted by molar-refractivity contribution is -0.120. The standard InChI is InChI=1S/C28H28N4O3/c1-20-11-13-23(14-12-20)32-19-25(27(31-32)22-9-6-10-24(17-22)35-2)28(34)30-18-26(33)29-16-15-21-7-4-3-5-8-21/h3-14,17,19H,15-16,18H2,1-2H3,(H,29,33)(H,30,34). The molecule has 4 rings (SSSR count). The number of carbonyl (C=O) groups excluding carboxylic acids is 2. The van der Waals surface area contributed by atoms with Crippen molar-refractivity contribution in [3.05, 3.63) is 102 Å². The van der Waals surface area contributed by atoms with Gasteiger partial charge < -0.3 is 15.4 Å². The van der Waals surface area contributed by atoms with Gasteiger partial charge in [-0.15, -0.1) is 0 Å². The maximum absolute atomic E-state index is 13.1. The van der Waals surface area contributed by atoms with Gasteiger partial charge >= 0.3 is 0 Å². The number of aryl methyl sites for hydroxylation is 1. The Kier molecular flexibility index (Phi) is 7.57. The van der Waals surface area contributed by atoms with E-state index in [0.717, 1.165) is 28.8 Å². The SMILES string of the molecule is COc1cccc(-c2nn(-c3ccc(C)cc3)cc2C(=O)NCC(=O)NCCc2ccccc2)c1. The Labute approximate surface area is 204 Å². The van der Waals surface area contributed by atoms with Crippen LogP contribution in [-0.4, -0.2) is 41.8 Å². The van der Waals surface area contributed by atoms with Crippen LogP contribution in [0.4, 0.5) is 0 Å². The lowest BCUT2D eigenvalue weighted by Gasteiger charge is -2.08. The monoisotopic (exact) mass is 468 g/mol. The molecule has 0 radical (unpaired) electrons. The van der Waals surface area contributed by atoms with E-state index in [-0.39, 0.29) is 18.4 Å². The van der Waals surface area contributed by atoms with Crippen LogP contribution in [0, 0.1) is 6.92 Å². The summed E-state index contributed by atoms with van der Waals surface area (Å²) in [4.78, 5) is 25.4. The molecule has 0 bridgehead atoms. The summed E-state index contributed by atoms with van der Waals surface area (Å²) in [5.41, 5.74) is 4.72. The summed E-state index contributed by atoms with van der Waals surface area (Å²) in [6.07, 6.45) is 2.41. The summed E-state index contributed by atoms with van der Waals surface area (Å²) < 4.78 is 7.01. The fourth-order valence-corrected chi connectivity index (χ4v) is 3.66. The molecule has 0 aliphatic heterocycles. The molecule has 3 aromatic carbocycles. The maximum Gasteiger partial charge on any atom is 0.255 e. The van der Waals surface area contributed by atoms with Crippen molar-refractivity contribution >= 4 is 11.8 Å². The van der Waals surface area contributed by atoms with Crippen LogP contribution in [0.5, 0.6) is 5.75 Å². The molecule has 0 fully saturated rings. The van der Waals surface area contributed by atoms with Gasteiger partial charge in [-0.3, -0.25) is 9.59 Å². The van der Waals surface area contributed by atoms with Gasteiger partial charge in [-0.2, -0.15) is 5.10 Å². The number of benzene rings is 3. The number of hydrogen-bond donors (Lipinski definition) is 2. The van der Waals surface area contributed by atoms with E-state index in [9.17, 15) is 9.59 Å². The van der Waals surface area contributed by atoms with Gasteiger partial charge in [0.05, 0.1) is 24.9 Å². The molecule has 7 heteroatoms. The predicted octanol–water partition coefficient (Wildman–Crippen LogP) is 3.95. The van der Waals surface area contributed by atoms with E-state index in [1.54, 1.807) is 18.0 Å². The van der Waals surface area contributed by atoms with Crippen LogP contribution in [0.3, 0.4) is 0 Å². The molecule has 7 nitrogen and oxygen atoms in total. The third-order valence-electron chi connectivity index (χ3n) is 5.59. The Hall–Kier alpha value is -4.39. The smallest absolute Gasteiger partial charge is 0.255 e. The molecule has 2 N–H and O–H groups in total. The van der Waals surface area contributed by atoms with Crippen LogP contribution in [-0.2, 0) is 11.2 Å². The minimum absolute atomic E-state index is 0.124. The fraction of sp³-hybridized carbons (Fsp3) is 0.179. The summed E-state index contributed by atoms with van der Waals surface area (Å²) in [5, 5.41) is 10.3. The van der Waals surface area contributed by atoms with Gasteiger partial charge in [0.25, 0.3) is 5.91 Å². The molecular weight excluding hydrogens is 440 g/mol. The van der Waals surface area contributed by atoms with Crippen molar-refractivity contribution in [2.24, 2.45) is 0 Å². The Morgan fingerprint density at radius 1 is 0.943 bits per heavy atom.